The summed E-state index contributed by atoms with van der Waals surface area (Å²) in [5, 5.41) is 0. The van der Waals surface area contributed by atoms with Crippen LogP contribution >= 0.6 is 0 Å². The Bertz CT molecular complexity index is 602. The maximum Gasteiger partial charge on any atom is 0.151 e. The SMILES string of the molecule is CC1=CC2(OC1)C(C)C[N+](C)(C)C2c1ccc(C)c(C)c1. The molecule has 1 fully saturated rings. The van der Waals surface area contributed by atoms with Crippen LogP contribution in [0.2, 0.25) is 0 Å². The van der Waals surface area contributed by atoms with E-state index in [2.05, 4.69) is 66.1 Å². The van der Waals surface area contributed by atoms with Crippen LogP contribution in [0.5, 0.6) is 0 Å². The smallest absolute Gasteiger partial charge is 0.151 e. The van der Waals surface area contributed by atoms with Gasteiger partial charge in [0, 0.05) is 11.5 Å². The number of benzene rings is 1. The lowest BCUT2D eigenvalue weighted by molar-refractivity contribution is -0.912. The molecule has 0 N–H and O–H groups in total. The summed E-state index contributed by atoms with van der Waals surface area (Å²) in [6, 6.07) is 7.30. The molecule has 2 heterocycles. The van der Waals surface area contributed by atoms with Crippen molar-refractivity contribution in [3.05, 3.63) is 46.5 Å². The van der Waals surface area contributed by atoms with Crippen LogP contribution in [0.15, 0.2) is 29.8 Å². The van der Waals surface area contributed by atoms with Crippen LogP contribution in [-0.2, 0) is 4.74 Å². The molecule has 3 rings (SSSR count). The second-order valence-electron chi connectivity index (χ2n) is 7.74. The zero-order chi connectivity index (χ0) is 15.4. The minimum Gasteiger partial charge on any atom is -0.359 e. The van der Waals surface area contributed by atoms with E-state index >= 15 is 0 Å². The number of hydrogen-bond acceptors (Lipinski definition) is 1. The molecule has 2 heteroatoms. The number of likely N-dealkylation sites (N-methyl/N-ethyl adjacent to an activating group) is 1. The fourth-order valence-electron chi connectivity index (χ4n) is 4.52. The molecule has 1 aromatic carbocycles. The largest absolute Gasteiger partial charge is 0.359 e. The van der Waals surface area contributed by atoms with E-state index in [9.17, 15) is 0 Å². The maximum atomic E-state index is 6.39. The lowest BCUT2D eigenvalue weighted by Gasteiger charge is -2.38. The van der Waals surface area contributed by atoms with E-state index in [1.54, 1.807) is 0 Å². The van der Waals surface area contributed by atoms with E-state index in [-0.39, 0.29) is 5.60 Å². The monoisotopic (exact) mass is 286 g/mol. The van der Waals surface area contributed by atoms with Gasteiger partial charge in [0.2, 0.25) is 0 Å². The Morgan fingerprint density at radius 1 is 1.14 bits per heavy atom. The Morgan fingerprint density at radius 2 is 1.86 bits per heavy atom. The Balaban J connectivity index is 2.14. The number of rotatable bonds is 1. The molecule has 3 atom stereocenters. The van der Waals surface area contributed by atoms with Crippen molar-refractivity contribution in [3.63, 3.8) is 0 Å². The molecule has 2 aliphatic heterocycles. The van der Waals surface area contributed by atoms with Crippen LogP contribution in [0.4, 0.5) is 0 Å². The summed E-state index contributed by atoms with van der Waals surface area (Å²) < 4.78 is 7.38. The van der Waals surface area contributed by atoms with Gasteiger partial charge in [0.15, 0.2) is 5.60 Å². The molecule has 1 aromatic rings. The minimum absolute atomic E-state index is 0.130. The van der Waals surface area contributed by atoms with Gasteiger partial charge in [0.25, 0.3) is 0 Å². The van der Waals surface area contributed by atoms with Gasteiger partial charge in [-0.05, 0) is 49.6 Å². The molecular weight excluding hydrogens is 258 g/mol. The highest BCUT2D eigenvalue weighted by Gasteiger charge is 2.60. The van der Waals surface area contributed by atoms with Crippen molar-refractivity contribution >= 4 is 0 Å². The summed E-state index contributed by atoms with van der Waals surface area (Å²) in [5.74, 6) is 0.538. The maximum absolute atomic E-state index is 6.39. The molecule has 3 unspecified atom stereocenters. The van der Waals surface area contributed by atoms with E-state index in [1.165, 1.54) is 22.3 Å². The third-order valence-corrected chi connectivity index (χ3v) is 5.51. The van der Waals surface area contributed by atoms with E-state index in [0.29, 0.717) is 12.0 Å². The van der Waals surface area contributed by atoms with Crippen LogP contribution < -0.4 is 0 Å². The molecule has 0 bridgehead atoms. The zero-order valence-electron chi connectivity index (χ0n) is 14.2. The van der Waals surface area contributed by atoms with Gasteiger partial charge in [-0.25, -0.2) is 0 Å². The number of likely N-dealkylation sites (tertiary alicyclic amines) is 1. The number of ether oxygens (including phenoxy) is 1. The van der Waals surface area contributed by atoms with Crippen molar-refractivity contribution in [1.29, 1.82) is 0 Å². The van der Waals surface area contributed by atoms with Crippen LogP contribution in [0.3, 0.4) is 0 Å². The van der Waals surface area contributed by atoms with Crippen molar-refractivity contribution in [2.24, 2.45) is 5.92 Å². The van der Waals surface area contributed by atoms with E-state index in [4.69, 9.17) is 4.74 Å². The summed E-state index contributed by atoms with van der Waals surface area (Å²) in [7, 11) is 4.69. The van der Waals surface area contributed by atoms with Crippen LogP contribution in [0.25, 0.3) is 0 Å². The van der Waals surface area contributed by atoms with E-state index in [1.807, 2.05) is 0 Å². The molecule has 0 aromatic heterocycles. The van der Waals surface area contributed by atoms with Crippen molar-refractivity contribution < 1.29 is 9.22 Å². The molecule has 1 spiro atoms. The summed E-state index contributed by atoms with van der Waals surface area (Å²) in [6.07, 6.45) is 2.41. The van der Waals surface area contributed by atoms with Gasteiger partial charge in [0.1, 0.15) is 6.04 Å². The first-order chi connectivity index (χ1) is 9.76. The normalized spacial score (nSPS) is 34.5. The molecule has 2 aliphatic rings. The third-order valence-electron chi connectivity index (χ3n) is 5.51. The van der Waals surface area contributed by atoms with Gasteiger partial charge in [0.05, 0.1) is 27.2 Å². The predicted molar refractivity (Wildman–Crippen MR) is 87.2 cm³/mol. The molecule has 0 amide bonds. The van der Waals surface area contributed by atoms with Gasteiger partial charge in [-0.3, -0.25) is 0 Å². The lowest BCUT2D eigenvalue weighted by Crippen LogP contribution is -2.45. The zero-order valence-corrected chi connectivity index (χ0v) is 14.2. The summed E-state index contributed by atoms with van der Waals surface area (Å²) in [5.41, 5.74) is 5.40. The van der Waals surface area contributed by atoms with Crippen molar-refractivity contribution in [1.82, 2.24) is 0 Å². The fraction of sp³-hybridized carbons (Fsp3) is 0.579. The highest BCUT2D eigenvalue weighted by atomic mass is 16.5. The average molecular weight is 286 g/mol. The minimum atomic E-state index is -0.130. The molecule has 0 aliphatic carbocycles. The molecule has 0 radical (unpaired) electrons. The van der Waals surface area contributed by atoms with Crippen molar-refractivity contribution in [2.75, 3.05) is 27.2 Å². The highest BCUT2D eigenvalue weighted by molar-refractivity contribution is 5.36. The first-order valence-corrected chi connectivity index (χ1v) is 7.98. The molecule has 0 saturated carbocycles. The topological polar surface area (TPSA) is 9.23 Å². The number of quaternary nitrogens is 1. The van der Waals surface area contributed by atoms with Gasteiger partial charge in [-0.1, -0.05) is 19.1 Å². The second-order valence-corrected chi connectivity index (χ2v) is 7.74. The Labute approximate surface area is 129 Å². The Morgan fingerprint density at radius 3 is 2.43 bits per heavy atom. The van der Waals surface area contributed by atoms with Gasteiger partial charge < -0.3 is 9.22 Å². The Kier molecular flexibility index (Phi) is 3.30. The molecule has 2 nitrogen and oxygen atoms in total. The van der Waals surface area contributed by atoms with Crippen molar-refractivity contribution in [2.45, 2.75) is 39.3 Å². The molecule has 21 heavy (non-hydrogen) atoms. The fourth-order valence-corrected chi connectivity index (χ4v) is 4.52. The second kappa shape index (κ2) is 4.69. The first-order valence-electron chi connectivity index (χ1n) is 7.98. The Hall–Kier alpha value is -1.12. The lowest BCUT2D eigenvalue weighted by atomic mass is 9.82. The van der Waals surface area contributed by atoms with Gasteiger partial charge in [-0.15, -0.1) is 0 Å². The van der Waals surface area contributed by atoms with Gasteiger partial charge >= 0.3 is 0 Å². The van der Waals surface area contributed by atoms with E-state index in [0.717, 1.165) is 17.6 Å². The number of nitrogens with zero attached hydrogens (tertiary/aromatic N) is 1. The van der Waals surface area contributed by atoms with Crippen LogP contribution in [0.1, 0.15) is 36.6 Å². The number of aryl methyl sites for hydroxylation is 2. The van der Waals surface area contributed by atoms with E-state index < -0.39 is 0 Å². The van der Waals surface area contributed by atoms with Gasteiger partial charge in [-0.2, -0.15) is 0 Å². The highest BCUT2D eigenvalue weighted by Crippen LogP contribution is 2.52. The van der Waals surface area contributed by atoms with Crippen LogP contribution in [-0.4, -0.2) is 37.3 Å². The average Bonchev–Trinajstić information content (AvgIpc) is 2.84. The molecular formula is C19H28NO+. The van der Waals surface area contributed by atoms with Crippen LogP contribution in [0, 0.1) is 19.8 Å². The molecule has 1 saturated heterocycles. The first kappa shape index (κ1) is 14.8. The summed E-state index contributed by atoms with van der Waals surface area (Å²) >= 11 is 0. The third kappa shape index (κ3) is 2.16. The summed E-state index contributed by atoms with van der Waals surface area (Å²) in [4.78, 5) is 0. The molecule has 114 valence electrons. The quantitative estimate of drug-likeness (QED) is 0.564. The van der Waals surface area contributed by atoms with Crippen molar-refractivity contribution in [3.8, 4) is 0 Å². The standard InChI is InChI=1S/C19H28NO/c1-13-10-19(21-12-13)16(4)11-20(5,6)18(19)17-8-7-14(2)15(3)9-17/h7-10,16,18H,11-12H2,1-6H3/q+1. The predicted octanol–water partition coefficient (Wildman–Crippen LogP) is 3.79. The summed E-state index contributed by atoms with van der Waals surface area (Å²) in [6.45, 7) is 10.9. The number of hydrogen-bond donors (Lipinski definition) is 0.